The zero-order valence-corrected chi connectivity index (χ0v) is 9.89. The molecular weight excluding hydrogens is 218 g/mol. The van der Waals surface area contributed by atoms with Gasteiger partial charge in [0.05, 0.1) is 19.8 Å². The molecule has 4 nitrogen and oxygen atoms in total. The topological polar surface area (TPSA) is 47.6 Å². The molecule has 1 heterocycles. The van der Waals surface area contributed by atoms with E-state index < -0.39 is 0 Å². The Hall–Kier alpha value is -1.39. The fourth-order valence-corrected chi connectivity index (χ4v) is 1.94. The lowest BCUT2D eigenvalue weighted by Crippen LogP contribution is -2.31. The van der Waals surface area contributed by atoms with Gasteiger partial charge in [-0.1, -0.05) is 30.3 Å². The molecule has 4 heteroatoms. The largest absolute Gasteiger partial charge is 0.468 e. The number of nitrogens with one attached hydrogen (secondary N) is 1. The van der Waals surface area contributed by atoms with Gasteiger partial charge in [0.2, 0.25) is 0 Å². The minimum absolute atomic E-state index is 0.0827. The Bertz CT molecular complexity index is 366. The standard InChI is InChI=1S/C13H17NO3/c1-16-13(15)12-7-11(8-14-12)17-9-10-5-3-2-4-6-10/h2-6,11-12,14H,7-9H2,1H3/t11-,12+/m1/s1. The number of methoxy groups -OCH3 is 1. The van der Waals surface area contributed by atoms with Gasteiger partial charge >= 0.3 is 5.97 Å². The third kappa shape index (κ3) is 3.28. The molecule has 0 spiro atoms. The Morgan fingerprint density at radius 2 is 2.18 bits per heavy atom. The Morgan fingerprint density at radius 1 is 1.41 bits per heavy atom. The first-order valence-electron chi connectivity index (χ1n) is 5.76. The molecule has 0 saturated carbocycles. The summed E-state index contributed by atoms with van der Waals surface area (Å²) in [6.07, 6.45) is 0.763. The van der Waals surface area contributed by atoms with Crippen molar-refractivity contribution in [3.63, 3.8) is 0 Å². The minimum atomic E-state index is -0.222. The number of benzene rings is 1. The first kappa shape index (κ1) is 12.1. The average molecular weight is 235 g/mol. The summed E-state index contributed by atoms with van der Waals surface area (Å²) in [5.41, 5.74) is 1.15. The maximum Gasteiger partial charge on any atom is 0.322 e. The van der Waals surface area contributed by atoms with Gasteiger partial charge in [0.15, 0.2) is 0 Å². The van der Waals surface area contributed by atoms with Crippen LogP contribution >= 0.6 is 0 Å². The van der Waals surface area contributed by atoms with Crippen LogP contribution in [0.1, 0.15) is 12.0 Å². The number of ether oxygens (including phenoxy) is 2. The van der Waals surface area contributed by atoms with E-state index in [1.165, 1.54) is 7.11 Å². The van der Waals surface area contributed by atoms with Crippen molar-refractivity contribution < 1.29 is 14.3 Å². The molecule has 0 aliphatic carbocycles. The van der Waals surface area contributed by atoms with Crippen LogP contribution < -0.4 is 5.32 Å². The van der Waals surface area contributed by atoms with Crippen molar-refractivity contribution in [2.24, 2.45) is 0 Å². The Morgan fingerprint density at radius 3 is 2.88 bits per heavy atom. The van der Waals surface area contributed by atoms with Gasteiger partial charge in [-0.2, -0.15) is 0 Å². The van der Waals surface area contributed by atoms with Gasteiger partial charge in [0.1, 0.15) is 6.04 Å². The first-order valence-corrected chi connectivity index (χ1v) is 5.76. The summed E-state index contributed by atoms with van der Waals surface area (Å²) in [6, 6.07) is 9.79. The quantitative estimate of drug-likeness (QED) is 0.794. The molecule has 2 rings (SSSR count). The van der Waals surface area contributed by atoms with Crippen LogP contribution in [0, 0.1) is 0 Å². The van der Waals surface area contributed by atoms with Crippen LogP contribution in [0.25, 0.3) is 0 Å². The predicted molar refractivity (Wildman–Crippen MR) is 63.4 cm³/mol. The SMILES string of the molecule is COC(=O)[C@@H]1C[C@@H](OCc2ccccc2)CN1. The molecular formula is C13H17NO3. The summed E-state index contributed by atoms with van der Waals surface area (Å²) in [4.78, 5) is 11.3. The minimum Gasteiger partial charge on any atom is -0.468 e. The summed E-state index contributed by atoms with van der Waals surface area (Å²) in [6.45, 7) is 1.29. The Labute approximate surface area is 101 Å². The fourth-order valence-electron chi connectivity index (χ4n) is 1.94. The second-order valence-electron chi connectivity index (χ2n) is 4.14. The summed E-state index contributed by atoms with van der Waals surface area (Å²) in [5.74, 6) is -0.212. The maximum atomic E-state index is 11.3. The van der Waals surface area contributed by atoms with E-state index in [4.69, 9.17) is 4.74 Å². The number of hydrogen-bond acceptors (Lipinski definition) is 4. The van der Waals surface area contributed by atoms with E-state index in [2.05, 4.69) is 10.1 Å². The van der Waals surface area contributed by atoms with Crippen molar-refractivity contribution in [2.45, 2.75) is 25.2 Å². The second kappa shape index (κ2) is 5.80. The highest BCUT2D eigenvalue weighted by molar-refractivity contribution is 5.76. The summed E-state index contributed by atoms with van der Waals surface area (Å²) < 4.78 is 10.4. The van der Waals surface area contributed by atoms with Gasteiger partial charge in [0.25, 0.3) is 0 Å². The van der Waals surface area contributed by atoms with Crippen molar-refractivity contribution in [3.8, 4) is 0 Å². The van der Waals surface area contributed by atoms with Crippen molar-refractivity contribution >= 4 is 5.97 Å². The van der Waals surface area contributed by atoms with Gasteiger partial charge in [-0.05, 0) is 5.56 Å². The molecule has 1 aliphatic rings. The zero-order valence-electron chi connectivity index (χ0n) is 9.89. The lowest BCUT2D eigenvalue weighted by atomic mass is 10.2. The van der Waals surface area contributed by atoms with E-state index in [1.54, 1.807) is 0 Å². The molecule has 0 aromatic heterocycles. The normalized spacial score (nSPS) is 23.6. The Balaban J connectivity index is 1.77. The highest BCUT2D eigenvalue weighted by Gasteiger charge is 2.30. The van der Waals surface area contributed by atoms with Gasteiger partial charge in [0, 0.05) is 13.0 Å². The van der Waals surface area contributed by atoms with E-state index in [-0.39, 0.29) is 18.1 Å². The lowest BCUT2D eigenvalue weighted by Gasteiger charge is -2.10. The van der Waals surface area contributed by atoms with Crippen LogP contribution in [0.5, 0.6) is 0 Å². The Kier molecular flexibility index (Phi) is 4.12. The maximum absolute atomic E-state index is 11.3. The molecule has 2 atom stereocenters. The van der Waals surface area contributed by atoms with Gasteiger partial charge in [-0.15, -0.1) is 0 Å². The van der Waals surface area contributed by atoms with E-state index in [0.29, 0.717) is 19.6 Å². The molecule has 1 saturated heterocycles. The third-order valence-corrected chi connectivity index (χ3v) is 2.90. The second-order valence-corrected chi connectivity index (χ2v) is 4.14. The van der Waals surface area contributed by atoms with E-state index in [0.717, 1.165) is 5.56 Å². The van der Waals surface area contributed by atoms with Gasteiger partial charge in [-0.25, -0.2) is 0 Å². The van der Waals surface area contributed by atoms with Crippen LogP contribution in [-0.2, 0) is 20.9 Å². The van der Waals surface area contributed by atoms with E-state index in [1.807, 2.05) is 30.3 Å². The monoisotopic (exact) mass is 235 g/mol. The van der Waals surface area contributed by atoms with E-state index >= 15 is 0 Å². The highest BCUT2D eigenvalue weighted by atomic mass is 16.5. The smallest absolute Gasteiger partial charge is 0.322 e. The van der Waals surface area contributed by atoms with Crippen LogP contribution in [-0.4, -0.2) is 31.8 Å². The fraction of sp³-hybridized carbons (Fsp3) is 0.462. The van der Waals surface area contributed by atoms with Crippen molar-refractivity contribution in [3.05, 3.63) is 35.9 Å². The molecule has 0 bridgehead atoms. The number of esters is 1. The van der Waals surface area contributed by atoms with Crippen molar-refractivity contribution in [1.82, 2.24) is 5.32 Å². The number of hydrogen-bond donors (Lipinski definition) is 1. The summed E-state index contributed by atoms with van der Waals surface area (Å²) in [7, 11) is 1.40. The molecule has 17 heavy (non-hydrogen) atoms. The van der Waals surface area contributed by atoms with Crippen LogP contribution in [0.2, 0.25) is 0 Å². The van der Waals surface area contributed by atoms with Crippen LogP contribution in [0.4, 0.5) is 0 Å². The summed E-state index contributed by atoms with van der Waals surface area (Å²) in [5, 5.41) is 3.09. The molecule has 1 aromatic rings. The highest BCUT2D eigenvalue weighted by Crippen LogP contribution is 2.13. The molecule has 92 valence electrons. The van der Waals surface area contributed by atoms with Gasteiger partial charge < -0.3 is 14.8 Å². The third-order valence-electron chi connectivity index (χ3n) is 2.90. The number of carbonyl (C=O) groups excluding carboxylic acids is 1. The predicted octanol–water partition coefficient (Wildman–Crippen LogP) is 1.11. The molecule has 1 fully saturated rings. The first-order chi connectivity index (χ1) is 8.29. The van der Waals surface area contributed by atoms with Crippen molar-refractivity contribution in [1.29, 1.82) is 0 Å². The average Bonchev–Trinajstić information content (AvgIpc) is 2.85. The van der Waals surface area contributed by atoms with Gasteiger partial charge in [-0.3, -0.25) is 4.79 Å². The zero-order chi connectivity index (χ0) is 12.1. The number of rotatable bonds is 4. The lowest BCUT2D eigenvalue weighted by molar-refractivity contribution is -0.142. The number of carbonyl (C=O) groups is 1. The molecule has 0 radical (unpaired) electrons. The molecule has 1 aliphatic heterocycles. The molecule has 0 amide bonds. The van der Waals surface area contributed by atoms with Crippen LogP contribution in [0.15, 0.2) is 30.3 Å². The summed E-state index contributed by atoms with van der Waals surface area (Å²) >= 11 is 0. The molecule has 1 aromatic carbocycles. The van der Waals surface area contributed by atoms with Crippen molar-refractivity contribution in [2.75, 3.05) is 13.7 Å². The van der Waals surface area contributed by atoms with Crippen LogP contribution in [0.3, 0.4) is 0 Å². The molecule has 0 unspecified atom stereocenters. The molecule has 1 N–H and O–H groups in total. The van der Waals surface area contributed by atoms with E-state index in [9.17, 15) is 4.79 Å².